The van der Waals surface area contributed by atoms with E-state index in [2.05, 4.69) is 5.32 Å². The zero-order chi connectivity index (χ0) is 12.3. The van der Waals surface area contributed by atoms with E-state index in [-0.39, 0.29) is 11.5 Å². The predicted octanol–water partition coefficient (Wildman–Crippen LogP) is 3.20. The monoisotopic (exact) mass is 229 g/mol. The van der Waals surface area contributed by atoms with Crippen LogP contribution in [-0.2, 0) is 0 Å². The molecule has 3 heteroatoms. The highest BCUT2D eigenvalue weighted by molar-refractivity contribution is 5.81. The van der Waals surface area contributed by atoms with E-state index in [9.17, 15) is 10.2 Å². The summed E-state index contributed by atoms with van der Waals surface area (Å²) in [4.78, 5) is 0. The van der Waals surface area contributed by atoms with Crippen molar-refractivity contribution in [3.63, 3.8) is 0 Å². The number of aromatic hydroxyl groups is 2. The molecular weight excluding hydrogens is 214 g/mol. The average Bonchev–Trinajstić information content (AvgIpc) is 2.36. The molecule has 88 valence electrons. The molecule has 0 amide bonds. The maximum atomic E-state index is 10.1. The topological polar surface area (TPSA) is 52.5 Å². The third-order valence-corrected chi connectivity index (χ3v) is 2.59. The Kier molecular flexibility index (Phi) is 3.19. The average molecular weight is 229 g/mol. The van der Waals surface area contributed by atoms with Crippen LogP contribution in [-0.4, -0.2) is 16.8 Å². The Labute approximate surface area is 100 Å². The second-order valence-corrected chi connectivity index (χ2v) is 3.75. The molecule has 0 fully saturated rings. The minimum Gasteiger partial charge on any atom is -0.506 e. The van der Waals surface area contributed by atoms with Crippen LogP contribution in [0.5, 0.6) is 11.5 Å². The third kappa shape index (κ3) is 2.18. The van der Waals surface area contributed by atoms with Crippen LogP contribution in [0.2, 0.25) is 0 Å². The van der Waals surface area contributed by atoms with E-state index in [4.69, 9.17) is 0 Å². The standard InChI is InChI=1S/C14H15NO2/c1-2-15-13-12(16)9-8-11(14(13)17)10-6-4-3-5-7-10/h3-9,15-17H,2H2,1H3. The summed E-state index contributed by atoms with van der Waals surface area (Å²) in [5.74, 6) is 0.141. The molecule has 0 atom stereocenters. The quantitative estimate of drug-likeness (QED) is 0.708. The summed E-state index contributed by atoms with van der Waals surface area (Å²) in [5.41, 5.74) is 2.01. The fourth-order valence-corrected chi connectivity index (χ4v) is 1.78. The number of hydrogen-bond donors (Lipinski definition) is 3. The SMILES string of the molecule is CCNc1c(O)ccc(-c2ccccc2)c1O. The smallest absolute Gasteiger partial charge is 0.150 e. The van der Waals surface area contributed by atoms with E-state index in [0.717, 1.165) is 5.56 Å². The Balaban J connectivity index is 2.53. The molecule has 0 aliphatic heterocycles. The van der Waals surface area contributed by atoms with Gasteiger partial charge in [0.15, 0.2) is 0 Å². The van der Waals surface area contributed by atoms with Crippen LogP contribution in [0.15, 0.2) is 42.5 Å². The molecule has 3 N–H and O–H groups in total. The molecule has 0 unspecified atom stereocenters. The van der Waals surface area contributed by atoms with Gasteiger partial charge in [-0.15, -0.1) is 0 Å². The van der Waals surface area contributed by atoms with Gasteiger partial charge in [-0.3, -0.25) is 0 Å². The van der Waals surface area contributed by atoms with Crippen LogP contribution in [0.3, 0.4) is 0 Å². The Morgan fingerprint density at radius 2 is 1.71 bits per heavy atom. The van der Waals surface area contributed by atoms with Gasteiger partial charge in [0.2, 0.25) is 0 Å². The fourth-order valence-electron chi connectivity index (χ4n) is 1.78. The first-order chi connectivity index (χ1) is 8.24. The molecule has 2 rings (SSSR count). The zero-order valence-electron chi connectivity index (χ0n) is 9.64. The lowest BCUT2D eigenvalue weighted by Gasteiger charge is -2.12. The lowest BCUT2D eigenvalue weighted by molar-refractivity contribution is 0.455. The molecular formula is C14H15NO2. The maximum absolute atomic E-state index is 10.1. The van der Waals surface area contributed by atoms with Crippen molar-refractivity contribution >= 4 is 5.69 Å². The summed E-state index contributed by atoms with van der Waals surface area (Å²) in [6.07, 6.45) is 0. The summed E-state index contributed by atoms with van der Waals surface area (Å²) in [5, 5.41) is 22.8. The lowest BCUT2D eigenvalue weighted by atomic mass is 10.0. The minimum atomic E-state index is 0.0593. The normalized spacial score (nSPS) is 10.2. The Bertz CT molecular complexity index is 509. The van der Waals surface area contributed by atoms with E-state index in [1.165, 1.54) is 0 Å². The van der Waals surface area contributed by atoms with Crippen LogP contribution in [0.4, 0.5) is 5.69 Å². The Morgan fingerprint density at radius 3 is 2.35 bits per heavy atom. The van der Waals surface area contributed by atoms with Crippen molar-refractivity contribution in [2.24, 2.45) is 0 Å². The molecule has 0 aromatic heterocycles. The molecule has 0 spiro atoms. The molecule has 0 saturated carbocycles. The van der Waals surface area contributed by atoms with Crippen molar-refractivity contribution in [3.05, 3.63) is 42.5 Å². The van der Waals surface area contributed by atoms with Crippen LogP contribution in [0.1, 0.15) is 6.92 Å². The number of phenols is 2. The van der Waals surface area contributed by atoms with Gasteiger partial charge in [-0.1, -0.05) is 30.3 Å². The first kappa shape index (κ1) is 11.3. The number of anilines is 1. The number of rotatable bonds is 3. The van der Waals surface area contributed by atoms with Crippen molar-refractivity contribution in [3.8, 4) is 22.6 Å². The zero-order valence-corrected chi connectivity index (χ0v) is 9.64. The maximum Gasteiger partial charge on any atom is 0.150 e. The van der Waals surface area contributed by atoms with Gasteiger partial charge in [0.1, 0.15) is 17.2 Å². The largest absolute Gasteiger partial charge is 0.506 e. The van der Waals surface area contributed by atoms with Crippen LogP contribution in [0, 0.1) is 0 Å². The van der Waals surface area contributed by atoms with E-state index in [1.807, 2.05) is 37.3 Å². The number of benzene rings is 2. The van der Waals surface area contributed by atoms with Gasteiger partial charge >= 0.3 is 0 Å². The number of nitrogens with one attached hydrogen (secondary N) is 1. The Hall–Kier alpha value is -2.16. The van der Waals surface area contributed by atoms with Crippen LogP contribution < -0.4 is 5.32 Å². The molecule has 0 aliphatic carbocycles. The van der Waals surface area contributed by atoms with Crippen molar-refractivity contribution in [2.45, 2.75) is 6.92 Å². The predicted molar refractivity (Wildman–Crippen MR) is 69.4 cm³/mol. The third-order valence-electron chi connectivity index (χ3n) is 2.59. The van der Waals surface area contributed by atoms with Crippen molar-refractivity contribution in [1.82, 2.24) is 0 Å². The van der Waals surface area contributed by atoms with E-state index < -0.39 is 0 Å². The first-order valence-corrected chi connectivity index (χ1v) is 5.58. The van der Waals surface area contributed by atoms with Crippen molar-refractivity contribution in [2.75, 3.05) is 11.9 Å². The number of phenolic OH excluding ortho intramolecular Hbond substituents is 2. The van der Waals surface area contributed by atoms with Crippen LogP contribution >= 0.6 is 0 Å². The molecule has 2 aromatic rings. The molecule has 0 aliphatic rings. The molecule has 17 heavy (non-hydrogen) atoms. The molecule has 0 radical (unpaired) electrons. The lowest BCUT2D eigenvalue weighted by Crippen LogP contribution is -1.97. The van der Waals surface area contributed by atoms with Crippen molar-refractivity contribution < 1.29 is 10.2 Å². The first-order valence-electron chi connectivity index (χ1n) is 5.58. The molecule has 0 heterocycles. The molecule has 0 bridgehead atoms. The summed E-state index contributed by atoms with van der Waals surface area (Å²) in [6, 6.07) is 12.9. The van der Waals surface area contributed by atoms with Gasteiger partial charge in [-0.05, 0) is 24.6 Å². The highest BCUT2D eigenvalue weighted by Crippen LogP contribution is 2.40. The summed E-state index contributed by atoms with van der Waals surface area (Å²) >= 11 is 0. The second kappa shape index (κ2) is 4.78. The highest BCUT2D eigenvalue weighted by atomic mass is 16.3. The van der Waals surface area contributed by atoms with Crippen LogP contribution in [0.25, 0.3) is 11.1 Å². The molecule has 0 saturated heterocycles. The van der Waals surface area contributed by atoms with E-state index in [0.29, 0.717) is 17.8 Å². The fraction of sp³-hybridized carbons (Fsp3) is 0.143. The summed E-state index contributed by atoms with van der Waals surface area (Å²) < 4.78 is 0. The summed E-state index contributed by atoms with van der Waals surface area (Å²) in [7, 11) is 0. The second-order valence-electron chi connectivity index (χ2n) is 3.75. The van der Waals surface area contributed by atoms with Gasteiger partial charge < -0.3 is 15.5 Å². The van der Waals surface area contributed by atoms with Gasteiger partial charge in [-0.2, -0.15) is 0 Å². The number of hydrogen-bond acceptors (Lipinski definition) is 3. The van der Waals surface area contributed by atoms with E-state index >= 15 is 0 Å². The van der Waals surface area contributed by atoms with Gasteiger partial charge in [-0.25, -0.2) is 0 Å². The van der Waals surface area contributed by atoms with Gasteiger partial charge in [0.25, 0.3) is 0 Å². The molecule has 3 nitrogen and oxygen atoms in total. The summed E-state index contributed by atoms with van der Waals surface area (Å²) in [6.45, 7) is 2.55. The molecule has 2 aromatic carbocycles. The van der Waals surface area contributed by atoms with Gasteiger partial charge in [0.05, 0.1) is 0 Å². The van der Waals surface area contributed by atoms with E-state index in [1.54, 1.807) is 12.1 Å². The van der Waals surface area contributed by atoms with Crippen molar-refractivity contribution in [1.29, 1.82) is 0 Å². The Morgan fingerprint density at radius 1 is 1.00 bits per heavy atom. The minimum absolute atomic E-state index is 0.0593. The highest BCUT2D eigenvalue weighted by Gasteiger charge is 2.12. The van der Waals surface area contributed by atoms with Gasteiger partial charge in [0, 0.05) is 12.1 Å².